The number of methoxy groups -OCH3 is 1. The van der Waals surface area contributed by atoms with Crippen LogP contribution in [0.3, 0.4) is 0 Å². The SMILES string of the molecule is COCC1(C)CNC(=O)N1. The normalized spacial score (nSPS) is 31.6. The van der Waals surface area contributed by atoms with Crippen molar-refractivity contribution in [3.63, 3.8) is 0 Å². The smallest absolute Gasteiger partial charge is 0.315 e. The van der Waals surface area contributed by atoms with Crippen LogP contribution in [0.5, 0.6) is 0 Å². The molecular formula is C6H12N2O2. The van der Waals surface area contributed by atoms with Gasteiger partial charge in [0, 0.05) is 13.7 Å². The second kappa shape index (κ2) is 2.46. The molecule has 1 aliphatic rings. The van der Waals surface area contributed by atoms with Crippen LogP contribution in [0.4, 0.5) is 4.79 Å². The van der Waals surface area contributed by atoms with E-state index >= 15 is 0 Å². The number of hydrogen-bond acceptors (Lipinski definition) is 2. The highest BCUT2D eigenvalue weighted by atomic mass is 16.5. The number of nitrogens with one attached hydrogen (secondary N) is 2. The summed E-state index contributed by atoms with van der Waals surface area (Å²) in [4.78, 5) is 10.7. The van der Waals surface area contributed by atoms with Crippen LogP contribution in [0.1, 0.15) is 6.92 Å². The van der Waals surface area contributed by atoms with E-state index in [2.05, 4.69) is 10.6 Å². The zero-order chi connectivity index (χ0) is 7.61. The minimum absolute atomic E-state index is 0.112. The predicted octanol–water partition coefficient (Wildman–Crippen LogP) is -0.296. The fourth-order valence-corrected chi connectivity index (χ4v) is 1.04. The molecule has 4 nitrogen and oxygen atoms in total. The Balaban J connectivity index is 2.46. The summed E-state index contributed by atoms with van der Waals surface area (Å²) in [6, 6.07) is -0.112. The molecule has 0 saturated carbocycles. The first kappa shape index (κ1) is 7.34. The van der Waals surface area contributed by atoms with Gasteiger partial charge in [-0.3, -0.25) is 0 Å². The first-order valence-corrected chi connectivity index (χ1v) is 3.21. The van der Waals surface area contributed by atoms with Crippen LogP contribution in [0.15, 0.2) is 0 Å². The third-order valence-corrected chi connectivity index (χ3v) is 1.52. The van der Waals surface area contributed by atoms with Gasteiger partial charge in [0.1, 0.15) is 0 Å². The summed E-state index contributed by atoms with van der Waals surface area (Å²) in [5, 5.41) is 5.42. The molecule has 0 aromatic carbocycles. The predicted molar refractivity (Wildman–Crippen MR) is 36.8 cm³/mol. The van der Waals surface area contributed by atoms with E-state index in [1.54, 1.807) is 7.11 Å². The summed E-state index contributed by atoms with van der Waals surface area (Å²) < 4.78 is 4.92. The van der Waals surface area contributed by atoms with Crippen LogP contribution in [0, 0.1) is 0 Å². The molecule has 0 aromatic rings. The lowest BCUT2D eigenvalue weighted by molar-refractivity contribution is 0.137. The molecule has 0 aromatic heterocycles. The standard InChI is InChI=1S/C6H12N2O2/c1-6(4-10-2)3-7-5(9)8-6/h3-4H2,1-2H3,(H2,7,8,9). The largest absolute Gasteiger partial charge is 0.382 e. The van der Waals surface area contributed by atoms with Crippen LogP contribution >= 0.6 is 0 Å². The number of urea groups is 1. The fourth-order valence-electron chi connectivity index (χ4n) is 1.04. The molecule has 1 fully saturated rings. The maximum atomic E-state index is 10.7. The zero-order valence-corrected chi connectivity index (χ0v) is 6.23. The molecule has 0 bridgehead atoms. The van der Waals surface area contributed by atoms with Gasteiger partial charge in [0.2, 0.25) is 0 Å². The maximum Gasteiger partial charge on any atom is 0.315 e. The first-order chi connectivity index (χ1) is 4.66. The molecule has 1 atom stereocenters. The van der Waals surface area contributed by atoms with Gasteiger partial charge >= 0.3 is 6.03 Å². The van der Waals surface area contributed by atoms with Gasteiger partial charge in [-0.15, -0.1) is 0 Å². The summed E-state index contributed by atoms with van der Waals surface area (Å²) in [6.45, 7) is 3.12. The lowest BCUT2D eigenvalue weighted by atomic mass is 10.1. The van der Waals surface area contributed by atoms with Crippen molar-refractivity contribution in [3.05, 3.63) is 0 Å². The number of carbonyl (C=O) groups is 1. The Hall–Kier alpha value is -0.770. The topological polar surface area (TPSA) is 50.4 Å². The monoisotopic (exact) mass is 144 g/mol. The Morgan fingerprint density at radius 3 is 2.90 bits per heavy atom. The highest BCUT2D eigenvalue weighted by Crippen LogP contribution is 2.06. The molecule has 4 heteroatoms. The number of hydrogen-bond donors (Lipinski definition) is 2. The Kier molecular flexibility index (Phi) is 1.80. The van der Waals surface area contributed by atoms with E-state index in [0.29, 0.717) is 13.2 Å². The number of carbonyl (C=O) groups excluding carboxylic acids is 1. The fraction of sp³-hybridized carbons (Fsp3) is 0.833. The van der Waals surface area contributed by atoms with E-state index in [4.69, 9.17) is 4.74 Å². The number of amides is 2. The van der Waals surface area contributed by atoms with Gasteiger partial charge in [-0.05, 0) is 6.92 Å². The number of ether oxygens (including phenoxy) is 1. The molecular weight excluding hydrogens is 132 g/mol. The van der Waals surface area contributed by atoms with Crippen LogP contribution in [0.2, 0.25) is 0 Å². The summed E-state index contributed by atoms with van der Waals surface area (Å²) in [7, 11) is 1.62. The quantitative estimate of drug-likeness (QED) is 0.559. The molecule has 0 spiro atoms. The van der Waals surface area contributed by atoms with E-state index < -0.39 is 0 Å². The molecule has 2 amide bonds. The summed E-state index contributed by atoms with van der Waals surface area (Å²) >= 11 is 0. The average molecular weight is 144 g/mol. The molecule has 2 N–H and O–H groups in total. The first-order valence-electron chi connectivity index (χ1n) is 3.21. The van der Waals surface area contributed by atoms with Gasteiger partial charge < -0.3 is 15.4 Å². The second-order valence-corrected chi connectivity index (χ2v) is 2.80. The van der Waals surface area contributed by atoms with E-state index in [-0.39, 0.29) is 11.6 Å². The van der Waals surface area contributed by atoms with Crippen molar-refractivity contribution in [2.45, 2.75) is 12.5 Å². The van der Waals surface area contributed by atoms with Gasteiger partial charge in [-0.25, -0.2) is 4.79 Å². The summed E-state index contributed by atoms with van der Waals surface area (Å²) in [5.74, 6) is 0. The molecule has 58 valence electrons. The molecule has 10 heavy (non-hydrogen) atoms. The zero-order valence-electron chi connectivity index (χ0n) is 6.23. The molecule has 0 radical (unpaired) electrons. The molecule has 1 aliphatic heterocycles. The minimum Gasteiger partial charge on any atom is -0.382 e. The Morgan fingerprint density at radius 1 is 1.80 bits per heavy atom. The van der Waals surface area contributed by atoms with Crippen molar-refractivity contribution in [2.24, 2.45) is 0 Å². The van der Waals surface area contributed by atoms with Gasteiger partial charge in [-0.2, -0.15) is 0 Å². The van der Waals surface area contributed by atoms with Crippen molar-refractivity contribution < 1.29 is 9.53 Å². The van der Waals surface area contributed by atoms with Crippen molar-refractivity contribution in [1.82, 2.24) is 10.6 Å². The van der Waals surface area contributed by atoms with Crippen LogP contribution < -0.4 is 10.6 Å². The lowest BCUT2D eigenvalue weighted by Crippen LogP contribution is -2.44. The molecule has 1 saturated heterocycles. The highest BCUT2D eigenvalue weighted by molar-refractivity contribution is 5.77. The van der Waals surface area contributed by atoms with Crippen LogP contribution in [-0.2, 0) is 4.74 Å². The molecule has 1 rings (SSSR count). The van der Waals surface area contributed by atoms with E-state index in [1.165, 1.54) is 0 Å². The van der Waals surface area contributed by atoms with Crippen molar-refractivity contribution >= 4 is 6.03 Å². The summed E-state index contributed by atoms with van der Waals surface area (Å²) in [5.41, 5.74) is -0.216. The van der Waals surface area contributed by atoms with Gasteiger partial charge in [0.15, 0.2) is 0 Å². The Bertz CT molecular complexity index is 149. The van der Waals surface area contributed by atoms with Crippen molar-refractivity contribution in [3.8, 4) is 0 Å². The van der Waals surface area contributed by atoms with Gasteiger partial charge in [-0.1, -0.05) is 0 Å². The van der Waals surface area contributed by atoms with E-state index in [0.717, 1.165) is 0 Å². The van der Waals surface area contributed by atoms with Crippen molar-refractivity contribution in [1.29, 1.82) is 0 Å². The van der Waals surface area contributed by atoms with Gasteiger partial charge in [0.25, 0.3) is 0 Å². The van der Waals surface area contributed by atoms with Crippen LogP contribution in [0.25, 0.3) is 0 Å². The van der Waals surface area contributed by atoms with Crippen molar-refractivity contribution in [2.75, 3.05) is 20.3 Å². The van der Waals surface area contributed by atoms with E-state index in [9.17, 15) is 4.79 Å². The van der Waals surface area contributed by atoms with E-state index in [1.807, 2.05) is 6.92 Å². The van der Waals surface area contributed by atoms with Gasteiger partial charge in [0.05, 0.1) is 12.1 Å². The van der Waals surface area contributed by atoms with Crippen LogP contribution in [-0.4, -0.2) is 31.8 Å². The highest BCUT2D eigenvalue weighted by Gasteiger charge is 2.32. The number of rotatable bonds is 2. The molecule has 1 heterocycles. The molecule has 0 aliphatic carbocycles. The third-order valence-electron chi connectivity index (χ3n) is 1.52. The molecule has 1 unspecified atom stereocenters. The maximum absolute atomic E-state index is 10.7. The third kappa shape index (κ3) is 1.39. The summed E-state index contributed by atoms with van der Waals surface area (Å²) in [6.07, 6.45) is 0. The second-order valence-electron chi connectivity index (χ2n) is 2.80. The average Bonchev–Trinajstić information content (AvgIpc) is 2.12. The Labute approximate surface area is 59.9 Å². The minimum atomic E-state index is -0.216. The lowest BCUT2D eigenvalue weighted by Gasteiger charge is -2.20. The Morgan fingerprint density at radius 2 is 2.50 bits per heavy atom.